The summed E-state index contributed by atoms with van der Waals surface area (Å²) in [5.41, 5.74) is 3.27. The van der Waals surface area contributed by atoms with E-state index in [1.54, 1.807) is 6.20 Å². The van der Waals surface area contributed by atoms with Gasteiger partial charge in [0.05, 0.1) is 24.9 Å². The number of aliphatic hydroxyl groups is 1. The van der Waals surface area contributed by atoms with Crippen LogP contribution >= 0.6 is 0 Å². The summed E-state index contributed by atoms with van der Waals surface area (Å²) in [5, 5.41) is 24.6. The zero-order chi connectivity index (χ0) is 39.9. The molecule has 0 aliphatic rings. The summed E-state index contributed by atoms with van der Waals surface area (Å²) in [6, 6.07) is 29.5. The third-order valence-corrected chi connectivity index (χ3v) is 9.62. The van der Waals surface area contributed by atoms with E-state index < -0.39 is 42.1 Å². The highest BCUT2D eigenvalue weighted by atomic mass is 16.5. The van der Waals surface area contributed by atoms with Crippen LogP contribution in [0.25, 0.3) is 10.8 Å². The zero-order valence-corrected chi connectivity index (χ0v) is 32.1. The highest BCUT2D eigenvalue weighted by Gasteiger charge is 2.32. The van der Waals surface area contributed by atoms with Gasteiger partial charge in [0.2, 0.25) is 17.7 Å². The summed E-state index contributed by atoms with van der Waals surface area (Å²) < 4.78 is 5.49. The number of aliphatic hydroxyl groups excluding tert-OH is 1. The number of aromatic amines is 1. The number of amides is 4. The van der Waals surface area contributed by atoms with Crippen molar-refractivity contribution < 1.29 is 29.0 Å². The summed E-state index contributed by atoms with van der Waals surface area (Å²) >= 11 is 0. The Balaban J connectivity index is 1.31. The lowest BCUT2D eigenvalue weighted by Crippen LogP contribution is -2.57. The maximum Gasteiger partial charge on any atom is 0.408 e. The normalized spacial score (nSPS) is 13.9. The van der Waals surface area contributed by atoms with Gasteiger partial charge in [0.15, 0.2) is 0 Å². The first-order chi connectivity index (χ1) is 27.0. The average molecular weight is 761 g/mol. The Labute approximate surface area is 327 Å². The fourth-order valence-electron chi connectivity index (χ4n) is 6.58. The molecule has 294 valence electrons. The number of imidazole rings is 1. The van der Waals surface area contributed by atoms with E-state index >= 15 is 0 Å². The molecule has 5 rings (SSSR count). The van der Waals surface area contributed by atoms with Gasteiger partial charge in [-0.3, -0.25) is 14.4 Å². The monoisotopic (exact) mass is 760 g/mol. The Morgan fingerprint density at radius 1 is 0.768 bits per heavy atom. The van der Waals surface area contributed by atoms with Crippen LogP contribution in [-0.4, -0.2) is 69.7 Å². The SMILES string of the molecule is CC(C)C[C@H](NC(=O)[C@H](Cc1cnc[nH]1)NC(=O)[C@H](Cc1cccc2ccccc12)NC(=O)OCc1ccccc1)[C@@H](O)CC(=O)NCC(C)c1ccccc1. The first-order valence-corrected chi connectivity index (χ1v) is 19.1. The van der Waals surface area contributed by atoms with Crippen molar-refractivity contribution in [3.05, 3.63) is 138 Å². The molecule has 4 aromatic carbocycles. The number of nitrogens with one attached hydrogen (secondary N) is 5. The predicted octanol–water partition coefficient (Wildman–Crippen LogP) is 5.33. The minimum Gasteiger partial charge on any atom is -0.445 e. The lowest BCUT2D eigenvalue weighted by atomic mass is 9.96. The van der Waals surface area contributed by atoms with E-state index in [2.05, 4.69) is 31.2 Å². The van der Waals surface area contributed by atoms with Crippen molar-refractivity contribution in [1.82, 2.24) is 31.2 Å². The van der Waals surface area contributed by atoms with Crippen molar-refractivity contribution in [2.75, 3.05) is 6.54 Å². The van der Waals surface area contributed by atoms with Gasteiger partial charge in [-0.15, -0.1) is 0 Å². The van der Waals surface area contributed by atoms with E-state index in [9.17, 15) is 24.3 Å². The van der Waals surface area contributed by atoms with Crippen LogP contribution in [-0.2, 0) is 38.6 Å². The number of aromatic nitrogens is 2. The van der Waals surface area contributed by atoms with E-state index in [1.807, 2.05) is 124 Å². The second-order valence-corrected chi connectivity index (χ2v) is 14.6. The molecule has 5 aromatic rings. The third kappa shape index (κ3) is 12.5. The van der Waals surface area contributed by atoms with Crippen molar-refractivity contribution in [2.45, 2.75) is 83.2 Å². The topological polar surface area (TPSA) is 175 Å². The van der Waals surface area contributed by atoms with Crippen LogP contribution in [0.4, 0.5) is 4.79 Å². The van der Waals surface area contributed by atoms with Crippen LogP contribution in [0, 0.1) is 5.92 Å². The number of rotatable bonds is 19. The first-order valence-electron chi connectivity index (χ1n) is 19.1. The smallest absolute Gasteiger partial charge is 0.408 e. The largest absolute Gasteiger partial charge is 0.445 e. The lowest BCUT2D eigenvalue weighted by Gasteiger charge is -2.29. The van der Waals surface area contributed by atoms with E-state index in [1.165, 1.54) is 6.33 Å². The van der Waals surface area contributed by atoms with Crippen molar-refractivity contribution in [2.24, 2.45) is 5.92 Å². The van der Waals surface area contributed by atoms with Crippen LogP contribution < -0.4 is 21.3 Å². The Bertz CT molecular complexity index is 2000. The molecule has 0 fully saturated rings. The van der Waals surface area contributed by atoms with Gasteiger partial charge in [0, 0.05) is 31.3 Å². The van der Waals surface area contributed by atoms with Gasteiger partial charge in [-0.2, -0.15) is 0 Å². The number of hydrogen-bond acceptors (Lipinski definition) is 7. The number of carbonyl (C=O) groups excluding carboxylic acids is 4. The molecule has 12 nitrogen and oxygen atoms in total. The van der Waals surface area contributed by atoms with Gasteiger partial charge in [-0.25, -0.2) is 9.78 Å². The predicted molar refractivity (Wildman–Crippen MR) is 215 cm³/mol. The molecule has 0 bridgehead atoms. The Hall–Kier alpha value is -6.01. The molecule has 0 radical (unpaired) electrons. The Morgan fingerprint density at radius 3 is 2.14 bits per heavy atom. The van der Waals surface area contributed by atoms with E-state index in [4.69, 9.17) is 4.74 Å². The highest BCUT2D eigenvalue weighted by Crippen LogP contribution is 2.21. The second kappa shape index (κ2) is 20.6. The summed E-state index contributed by atoms with van der Waals surface area (Å²) in [7, 11) is 0. The number of nitrogens with zero attached hydrogens (tertiary/aromatic N) is 1. The molecule has 4 amide bonds. The molecule has 0 aliphatic heterocycles. The summed E-state index contributed by atoms with van der Waals surface area (Å²) in [6.07, 6.45) is 1.35. The molecule has 1 unspecified atom stereocenters. The van der Waals surface area contributed by atoms with Crippen LogP contribution in [0.1, 0.15) is 61.9 Å². The van der Waals surface area contributed by atoms with Gasteiger partial charge in [0.25, 0.3) is 0 Å². The van der Waals surface area contributed by atoms with Crippen LogP contribution in [0.3, 0.4) is 0 Å². The molecule has 0 spiro atoms. The van der Waals surface area contributed by atoms with Crippen LogP contribution in [0.5, 0.6) is 0 Å². The number of H-pyrrole nitrogens is 1. The van der Waals surface area contributed by atoms with Crippen LogP contribution in [0.2, 0.25) is 0 Å². The quantitative estimate of drug-likeness (QED) is 0.0660. The zero-order valence-electron chi connectivity index (χ0n) is 32.1. The molecule has 0 saturated carbocycles. The number of benzene rings is 4. The number of ether oxygens (including phenoxy) is 1. The van der Waals surface area contributed by atoms with Crippen molar-refractivity contribution >= 4 is 34.6 Å². The molecule has 12 heteroatoms. The second-order valence-electron chi connectivity index (χ2n) is 14.6. The first kappa shape index (κ1) is 41.2. The van der Waals surface area contributed by atoms with Gasteiger partial charge in [0.1, 0.15) is 18.7 Å². The molecule has 6 N–H and O–H groups in total. The summed E-state index contributed by atoms with van der Waals surface area (Å²) in [5.74, 6) is -1.38. The van der Waals surface area contributed by atoms with Crippen molar-refractivity contribution in [3.63, 3.8) is 0 Å². The maximum atomic E-state index is 14.2. The maximum absolute atomic E-state index is 14.2. The summed E-state index contributed by atoms with van der Waals surface area (Å²) in [4.78, 5) is 61.5. The third-order valence-electron chi connectivity index (χ3n) is 9.62. The molecule has 5 atom stereocenters. The number of fused-ring (bicyclic) bond motifs is 1. The van der Waals surface area contributed by atoms with Crippen molar-refractivity contribution in [1.29, 1.82) is 0 Å². The molecule has 56 heavy (non-hydrogen) atoms. The summed E-state index contributed by atoms with van der Waals surface area (Å²) in [6.45, 7) is 6.32. The number of carbonyl (C=O) groups is 4. The molecular weight excluding hydrogens is 709 g/mol. The van der Waals surface area contributed by atoms with Gasteiger partial charge < -0.3 is 36.1 Å². The Kier molecular flexibility index (Phi) is 15.1. The fraction of sp³-hybridized carbons (Fsp3) is 0.341. The van der Waals surface area contributed by atoms with E-state index in [-0.39, 0.29) is 43.6 Å². The Morgan fingerprint density at radius 2 is 1.43 bits per heavy atom. The molecule has 0 aliphatic carbocycles. The van der Waals surface area contributed by atoms with Gasteiger partial charge >= 0.3 is 6.09 Å². The van der Waals surface area contributed by atoms with Gasteiger partial charge in [-0.05, 0) is 45.7 Å². The number of hydrogen-bond donors (Lipinski definition) is 6. The standard InChI is InChI=1S/C44H52N6O6/c1-29(2)21-37(40(51)24-41(52)46-25-30(3)32-15-8-5-9-16-32)48-43(54)39(23-35-26-45-28-47-35)49-42(53)38(50-44(55)56-27-31-13-6-4-7-14-31)22-34-19-12-18-33-17-10-11-20-36(33)34/h4-20,26,28-30,37-40,51H,21-25,27H2,1-3H3,(H,45,47)(H,46,52)(H,48,54)(H,49,53)(H,50,55)/t30?,37-,38-,39-,40-/m0/s1. The highest BCUT2D eigenvalue weighted by molar-refractivity contribution is 5.93. The number of alkyl carbamates (subject to hydrolysis) is 1. The molecule has 1 heterocycles. The molecule has 0 saturated heterocycles. The van der Waals surface area contributed by atoms with Crippen LogP contribution in [0.15, 0.2) is 116 Å². The van der Waals surface area contributed by atoms with Gasteiger partial charge in [-0.1, -0.05) is 124 Å². The molecular formula is C44H52N6O6. The lowest BCUT2D eigenvalue weighted by molar-refractivity contribution is -0.131. The van der Waals surface area contributed by atoms with Crippen molar-refractivity contribution in [3.8, 4) is 0 Å². The minimum absolute atomic E-state index is 0.00375. The molecule has 1 aromatic heterocycles. The fourth-order valence-corrected chi connectivity index (χ4v) is 6.58. The van der Waals surface area contributed by atoms with E-state index in [0.717, 1.165) is 27.5 Å². The average Bonchev–Trinajstić information content (AvgIpc) is 3.72. The van der Waals surface area contributed by atoms with E-state index in [0.29, 0.717) is 18.7 Å². The minimum atomic E-state index is -1.20.